The Hall–Kier alpha value is -5.37. The molecule has 3 aromatic carbocycles. The second kappa shape index (κ2) is 21.6. The number of morpholine rings is 1. The highest BCUT2D eigenvalue weighted by molar-refractivity contribution is 5.93. The number of aliphatic hydroxyl groups is 1. The van der Waals surface area contributed by atoms with E-state index in [1.54, 1.807) is 24.5 Å². The Morgan fingerprint density at radius 2 is 1.52 bits per heavy atom. The van der Waals surface area contributed by atoms with Crippen LogP contribution < -0.4 is 21.3 Å². The Morgan fingerprint density at radius 3 is 2.27 bits per heavy atom. The summed E-state index contributed by atoms with van der Waals surface area (Å²) in [6, 6.07) is 23.3. The van der Waals surface area contributed by atoms with E-state index in [9.17, 15) is 24.3 Å². The third kappa shape index (κ3) is 13.4. The number of carbonyl (C=O) groups excluding carboxylic acids is 4. The van der Waals surface area contributed by atoms with Gasteiger partial charge in [-0.3, -0.25) is 24.3 Å². The lowest BCUT2D eigenvalue weighted by Gasteiger charge is -2.29. The summed E-state index contributed by atoms with van der Waals surface area (Å²) in [5.74, 6) is -1.40. The average molecular weight is 767 g/mol. The summed E-state index contributed by atoms with van der Waals surface area (Å²) in [6.07, 6.45) is 1.64. The first-order valence-electron chi connectivity index (χ1n) is 19.3. The maximum Gasteiger partial charge on any atom is 0.408 e. The molecule has 4 aromatic rings. The molecule has 1 fully saturated rings. The Balaban J connectivity index is 1.31. The van der Waals surface area contributed by atoms with Gasteiger partial charge in [-0.25, -0.2) is 4.79 Å². The smallest absolute Gasteiger partial charge is 0.408 e. The number of amides is 4. The highest BCUT2D eigenvalue weighted by Crippen LogP contribution is 2.20. The van der Waals surface area contributed by atoms with Crippen LogP contribution in [0.15, 0.2) is 97.3 Å². The number of fused-ring (bicyclic) bond motifs is 1. The number of hydrogen-bond donors (Lipinski definition) is 5. The molecule has 1 saturated heterocycles. The van der Waals surface area contributed by atoms with Gasteiger partial charge in [0.05, 0.1) is 31.8 Å². The number of nitrogens with one attached hydrogen (secondary N) is 4. The summed E-state index contributed by atoms with van der Waals surface area (Å²) in [5.41, 5.74) is 2.30. The molecular weight excluding hydrogens is 713 g/mol. The lowest BCUT2D eigenvalue weighted by atomic mass is 9.96. The molecule has 0 aliphatic carbocycles. The van der Waals surface area contributed by atoms with Crippen molar-refractivity contribution in [3.05, 3.63) is 114 Å². The third-order valence-electron chi connectivity index (χ3n) is 9.69. The van der Waals surface area contributed by atoms with E-state index in [-0.39, 0.29) is 37.7 Å². The van der Waals surface area contributed by atoms with Gasteiger partial charge in [0.15, 0.2) is 0 Å². The van der Waals surface area contributed by atoms with E-state index in [0.29, 0.717) is 38.3 Å². The fraction of sp³-hybridized carbons (Fsp3) is 0.419. The Kier molecular flexibility index (Phi) is 16.2. The SMILES string of the molecule is CC(C)C[C@H](NC(=O)C(Cc1cccnc1)NC(=O)[C@H](Cc1cccc2ccccc12)NC(=O)OCc1ccccc1)[C@@H](O)CC(=O)NCCN1CCOCC1. The number of aliphatic hydroxyl groups excluding tert-OH is 1. The lowest BCUT2D eigenvalue weighted by molar-refractivity contribution is -0.131. The van der Waals surface area contributed by atoms with E-state index in [0.717, 1.165) is 35.0 Å². The normalized spacial score (nSPS) is 15.3. The minimum Gasteiger partial charge on any atom is -0.445 e. The molecular formula is C43H54N6O7. The predicted octanol–water partition coefficient (Wildman–Crippen LogP) is 3.53. The van der Waals surface area contributed by atoms with Crippen LogP contribution in [0.3, 0.4) is 0 Å². The van der Waals surface area contributed by atoms with Crippen LogP contribution in [0.4, 0.5) is 4.79 Å². The van der Waals surface area contributed by atoms with Gasteiger partial charge in [-0.05, 0) is 45.9 Å². The van der Waals surface area contributed by atoms with Crippen molar-refractivity contribution < 1.29 is 33.8 Å². The monoisotopic (exact) mass is 766 g/mol. The molecule has 5 N–H and O–H groups in total. The molecule has 56 heavy (non-hydrogen) atoms. The number of carbonyl (C=O) groups is 4. The van der Waals surface area contributed by atoms with Crippen LogP contribution >= 0.6 is 0 Å². The van der Waals surface area contributed by atoms with E-state index >= 15 is 0 Å². The molecule has 1 aliphatic heterocycles. The summed E-state index contributed by atoms with van der Waals surface area (Å²) in [7, 11) is 0. The van der Waals surface area contributed by atoms with E-state index < -0.39 is 42.1 Å². The summed E-state index contributed by atoms with van der Waals surface area (Å²) in [6.45, 7) is 7.96. The molecule has 4 amide bonds. The number of ether oxygens (including phenoxy) is 2. The molecule has 5 rings (SSSR count). The van der Waals surface area contributed by atoms with Gasteiger partial charge >= 0.3 is 6.09 Å². The fourth-order valence-electron chi connectivity index (χ4n) is 6.73. The standard InChI is InChI=1S/C43H54N6O7/c1-30(2)24-36(39(50)27-40(51)45-18-19-49-20-22-55-23-21-49)46-41(52)37(25-32-12-9-17-44-28-32)47-42(53)38(48-43(54)56-29-31-10-4-3-5-11-31)26-34-15-8-14-33-13-6-7-16-35(33)34/h3-17,28,30,36-39,50H,18-27,29H2,1-2H3,(H,45,51)(H,46,52)(H,47,53)(H,48,54)/t36-,37?,38-,39-/m0/s1. The van der Waals surface area contributed by atoms with Crippen LogP contribution in [0.5, 0.6) is 0 Å². The molecule has 298 valence electrons. The van der Waals surface area contributed by atoms with Crippen LogP contribution in [0, 0.1) is 5.92 Å². The van der Waals surface area contributed by atoms with Gasteiger partial charge in [-0.2, -0.15) is 0 Å². The van der Waals surface area contributed by atoms with Crippen LogP contribution in [0.25, 0.3) is 10.8 Å². The maximum atomic E-state index is 14.3. The first kappa shape index (κ1) is 41.8. The molecule has 2 heterocycles. The Morgan fingerprint density at radius 1 is 0.821 bits per heavy atom. The Labute approximate surface area is 328 Å². The largest absolute Gasteiger partial charge is 0.445 e. The Bertz CT molecular complexity index is 1850. The maximum absolute atomic E-state index is 14.3. The van der Waals surface area contributed by atoms with Gasteiger partial charge in [-0.1, -0.05) is 92.7 Å². The van der Waals surface area contributed by atoms with Gasteiger partial charge in [0.2, 0.25) is 17.7 Å². The zero-order valence-electron chi connectivity index (χ0n) is 32.2. The number of hydrogen-bond acceptors (Lipinski definition) is 9. The summed E-state index contributed by atoms with van der Waals surface area (Å²) in [5, 5.41) is 24.6. The van der Waals surface area contributed by atoms with Crippen molar-refractivity contribution in [1.82, 2.24) is 31.2 Å². The van der Waals surface area contributed by atoms with Gasteiger partial charge in [0, 0.05) is 51.4 Å². The summed E-state index contributed by atoms with van der Waals surface area (Å²) >= 11 is 0. The molecule has 0 bridgehead atoms. The molecule has 1 unspecified atom stereocenters. The van der Waals surface area contributed by atoms with E-state index in [1.165, 1.54) is 0 Å². The molecule has 1 aliphatic rings. The zero-order chi connectivity index (χ0) is 39.7. The van der Waals surface area contributed by atoms with Crippen molar-refractivity contribution in [1.29, 1.82) is 0 Å². The quantitative estimate of drug-likeness (QED) is 0.0959. The van der Waals surface area contributed by atoms with Gasteiger partial charge in [0.25, 0.3) is 0 Å². The van der Waals surface area contributed by atoms with Gasteiger partial charge < -0.3 is 35.8 Å². The van der Waals surface area contributed by atoms with E-state index in [4.69, 9.17) is 9.47 Å². The number of nitrogens with zero attached hydrogens (tertiary/aromatic N) is 2. The van der Waals surface area contributed by atoms with E-state index in [2.05, 4.69) is 31.2 Å². The summed E-state index contributed by atoms with van der Waals surface area (Å²) < 4.78 is 10.9. The van der Waals surface area contributed by atoms with Crippen molar-refractivity contribution in [2.24, 2.45) is 5.92 Å². The predicted molar refractivity (Wildman–Crippen MR) is 213 cm³/mol. The number of rotatable bonds is 19. The highest BCUT2D eigenvalue weighted by atomic mass is 16.5. The second-order valence-electron chi connectivity index (χ2n) is 14.5. The van der Waals surface area contributed by atoms with Crippen molar-refractivity contribution in [3.63, 3.8) is 0 Å². The van der Waals surface area contributed by atoms with Gasteiger partial charge in [0.1, 0.15) is 18.7 Å². The lowest BCUT2D eigenvalue weighted by Crippen LogP contribution is -2.57. The van der Waals surface area contributed by atoms with Crippen molar-refractivity contribution in [2.45, 2.75) is 70.4 Å². The molecule has 13 nitrogen and oxygen atoms in total. The van der Waals surface area contributed by atoms with Crippen molar-refractivity contribution >= 4 is 34.6 Å². The minimum atomic E-state index is -1.18. The molecule has 0 spiro atoms. The van der Waals surface area contributed by atoms with E-state index in [1.807, 2.05) is 86.6 Å². The topological polar surface area (TPSA) is 171 Å². The molecule has 4 atom stereocenters. The number of aromatic nitrogens is 1. The number of pyridine rings is 1. The van der Waals surface area contributed by atoms with Crippen LogP contribution in [0.2, 0.25) is 0 Å². The second-order valence-corrected chi connectivity index (χ2v) is 14.5. The molecule has 0 saturated carbocycles. The first-order chi connectivity index (χ1) is 27.1. The van der Waals surface area contributed by atoms with Crippen molar-refractivity contribution in [2.75, 3.05) is 39.4 Å². The van der Waals surface area contributed by atoms with Crippen LogP contribution in [-0.2, 0) is 43.3 Å². The number of benzene rings is 3. The minimum absolute atomic E-state index is 0.00673. The number of alkyl carbamates (subject to hydrolysis) is 1. The molecule has 13 heteroatoms. The molecule has 1 aromatic heterocycles. The zero-order valence-corrected chi connectivity index (χ0v) is 32.2. The fourth-order valence-corrected chi connectivity index (χ4v) is 6.73. The van der Waals surface area contributed by atoms with Crippen molar-refractivity contribution in [3.8, 4) is 0 Å². The van der Waals surface area contributed by atoms with Crippen LogP contribution in [-0.4, -0.2) is 102 Å². The third-order valence-corrected chi connectivity index (χ3v) is 9.69. The van der Waals surface area contributed by atoms with Crippen LogP contribution in [0.1, 0.15) is 43.4 Å². The first-order valence-corrected chi connectivity index (χ1v) is 19.3. The van der Waals surface area contributed by atoms with Gasteiger partial charge in [-0.15, -0.1) is 0 Å². The molecule has 0 radical (unpaired) electrons. The summed E-state index contributed by atoms with van der Waals surface area (Å²) in [4.78, 5) is 60.9. The average Bonchev–Trinajstić information content (AvgIpc) is 3.20. The highest BCUT2D eigenvalue weighted by Gasteiger charge is 2.32.